The van der Waals surface area contributed by atoms with E-state index in [1.54, 1.807) is 12.0 Å². The molecule has 0 radical (unpaired) electrons. The number of aryl methyl sites for hydroxylation is 1. The number of benzene rings is 1. The molecule has 2 N–H and O–H groups in total. The molecule has 1 unspecified atom stereocenters. The van der Waals surface area contributed by atoms with Crippen molar-refractivity contribution in [3.05, 3.63) is 29.3 Å². The first-order chi connectivity index (χ1) is 9.10. The molecule has 5 nitrogen and oxygen atoms in total. The molecule has 1 heterocycles. The molecular weight excluding hydrogens is 244 g/mol. The van der Waals surface area contributed by atoms with E-state index >= 15 is 0 Å². The smallest absolute Gasteiger partial charge is 0.410 e. The molecule has 0 aromatic heterocycles. The highest BCUT2D eigenvalue weighted by Crippen LogP contribution is 2.21. The van der Waals surface area contributed by atoms with Gasteiger partial charge in [-0.25, -0.2) is 4.79 Å². The molecule has 19 heavy (non-hydrogen) atoms. The van der Waals surface area contributed by atoms with Crippen LogP contribution in [-0.4, -0.2) is 37.2 Å². The SMILES string of the molecule is COc1ccc(C)cc1COC(=O)N1CCC(N)C1. The van der Waals surface area contributed by atoms with Crippen LogP contribution in [0.5, 0.6) is 5.75 Å². The largest absolute Gasteiger partial charge is 0.496 e. The lowest BCUT2D eigenvalue weighted by molar-refractivity contribution is 0.103. The fourth-order valence-corrected chi connectivity index (χ4v) is 2.20. The van der Waals surface area contributed by atoms with Gasteiger partial charge in [-0.15, -0.1) is 0 Å². The van der Waals surface area contributed by atoms with Crippen LogP contribution in [-0.2, 0) is 11.3 Å². The summed E-state index contributed by atoms with van der Waals surface area (Å²) >= 11 is 0. The standard InChI is InChI=1S/C14H20N2O3/c1-10-3-4-13(18-2)11(7-10)9-19-14(17)16-6-5-12(15)8-16/h3-4,7,12H,5-6,8-9,15H2,1-2H3. The maximum absolute atomic E-state index is 11.9. The number of carbonyl (C=O) groups excluding carboxylic acids is 1. The number of nitrogens with zero attached hydrogens (tertiary/aromatic N) is 1. The Morgan fingerprint density at radius 2 is 2.32 bits per heavy atom. The first-order valence-corrected chi connectivity index (χ1v) is 6.41. The monoisotopic (exact) mass is 264 g/mol. The Morgan fingerprint density at radius 3 is 2.95 bits per heavy atom. The molecule has 1 atom stereocenters. The lowest BCUT2D eigenvalue weighted by Gasteiger charge is -2.16. The summed E-state index contributed by atoms with van der Waals surface area (Å²) in [5.41, 5.74) is 7.75. The van der Waals surface area contributed by atoms with Crippen molar-refractivity contribution in [2.75, 3.05) is 20.2 Å². The molecule has 0 saturated carbocycles. The average molecular weight is 264 g/mol. The average Bonchev–Trinajstić information content (AvgIpc) is 2.83. The molecule has 1 aromatic carbocycles. The minimum atomic E-state index is -0.309. The summed E-state index contributed by atoms with van der Waals surface area (Å²) in [5.74, 6) is 0.733. The molecule has 0 spiro atoms. The van der Waals surface area contributed by atoms with Gasteiger partial charge < -0.3 is 20.1 Å². The van der Waals surface area contributed by atoms with E-state index in [1.165, 1.54) is 0 Å². The van der Waals surface area contributed by atoms with Crippen LogP contribution < -0.4 is 10.5 Å². The number of ether oxygens (including phenoxy) is 2. The maximum Gasteiger partial charge on any atom is 0.410 e. The molecule has 1 fully saturated rings. The van der Waals surface area contributed by atoms with Gasteiger partial charge in [0.15, 0.2) is 0 Å². The van der Waals surface area contributed by atoms with Crippen LogP contribution in [0.2, 0.25) is 0 Å². The van der Waals surface area contributed by atoms with Gasteiger partial charge in [0.2, 0.25) is 0 Å². The molecule has 0 aliphatic carbocycles. The molecule has 1 aliphatic heterocycles. The van der Waals surface area contributed by atoms with Crippen molar-refractivity contribution in [1.29, 1.82) is 0 Å². The van der Waals surface area contributed by atoms with Crippen LogP contribution in [0.4, 0.5) is 4.79 Å². The lowest BCUT2D eigenvalue weighted by Crippen LogP contribution is -2.32. The van der Waals surface area contributed by atoms with Crippen molar-refractivity contribution in [1.82, 2.24) is 4.90 Å². The van der Waals surface area contributed by atoms with E-state index in [0.717, 1.165) is 23.3 Å². The second-order valence-corrected chi connectivity index (χ2v) is 4.86. The number of hydrogen-bond acceptors (Lipinski definition) is 4. The highest BCUT2D eigenvalue weighted by atomic mass is 16.6. The quantitative estimate of drug-likeness (QED) is 0.902. The van der Waals surface area contributed by atoms with Crippen molar-refractivity contribution < 1.29 is 14.3 Å². The second-order valence-electron chi connectivity index (χ2n) is 4.86. The molecular formula is C14H20N2O3. The summed E-state index contributed by atoms with van der Waals surface area (Å²) in [4.78, 5) is 13.5. The second kappa shape index (κ2) is 5.93. The fraction of sp³-hybridized carbons (Fsp3) is 0.500. The van der Waals surface area contributed by atoms with E-state index in [4.69, 9.17) is 15.2 Å². The number of rotatable bonds is 3. The molecule has 1 saturated heterocycles. The zero-order valence-corrected chi connectivity index (χ0v) is 11.4. The summed E-state index contributed by atoms with van der Waals surface area (Å²) in [5, 5.41) is 0. The predicted molar refractivity (Wildman–Crippen MR) is 72.1 cm³/mol. The number of likely N-dealkylation sites (tertiary alicyclic amines) is 1. The normalized spacial score (nSPS) is 18.5. The Labute approximate surface area is 113 Å². The summed E-state index contributed by atoms with van der Waals surface area (Å²) in [6, 6.07) is 5.87. The van der Waals surface area contributed by atoms with E-state index in [1.807, 2.05) is 25.1 Å². The molecule has 104 valence electrons. The van der Waals surface area contributed by atoms with Crippen molar-refractivity contribution in [2.24, 2.45) is 5.73 Å². The van der Waals surface area contributed by atoms with Gasteiger partial charge in [-0.2, -0.15) is 0 Å². The van der Waals surface area contributed by atoms with Gasteiger partial charge >= 0.3 is 6.09 Å². The van der Waals surface area contributed by atoms with Crippen LogP contribution >= 0.6 is 0 Å². The van der Waals surface area contributed by atoms with Gasteiger partial charge in [0, 0.05) is 24.7 Å². The Balaban J connectivity index is 1.95. The fourth-order valence-electron chi connectivity index (χ4n) is 2.20. The highest BCUT2D eigenvalue weighted by molar-refractivity contribution is 5.68. The van der Waals surface area contributed by atoms with Gasteiger partial charge in [-0.1, -0.05) is 11.6 Å². The minimum absolute atomic E-state index is 0.0704. The van der Waals surface area contributed by atoms with Crippen LogP contribution in [0, 0.1) is 6.92 Å². The summed E-state index contributed by atoms with van der Waals surface area (Å²) in [7, 11) is 1.61. The van der Waals surface area contributed by atoms with Crippen LogP contribution in [0.1, 0.15) is 17.5 Å². The Kier molecular flexibility index (Phi) is 4.27. The van der Waals surface area contributed by atoms with Crippen LogP contribution in [0.3, 0.4) is 0 Å². The zero-order valence-electron chi connectivity index (χ0n) is 11.4. The van der Waals surface area contributed by atoms with Gasteiger partial charge in [0.1, 0.15) is 12.4 Å². The first-order valence-electron chi connectivity index (χ1n) is 6.41. The third-order valence-corrected chi connectivity index (χ3v) is 3.27. The van der Waals surface area contributed by atoms with Crippen LogP contribution in [0.25, 0.3) is 0 Å². The Bertz CT molecular complexity index is 462. The maximum atomic E-state index is 11.9. The van der Waals surface area contributed by atoms with E-state index in [9.17, 15) is 4.79 Å². The van der Waals surface area contributed by atoms with E-state index in [2.05, 4.69) is 0 Å². The topological polar surface area (TPSA) is 64.8 Å². The Hall–Kier alpha value is -1.75. The molecule has 1 aliphatic rings. The van der Waals surface area contributed by atoms with Gasteiger partial charge in [0.25, 0.3) is 0 Å². The molecule has 5 heteroatoms. The molecule has 0 bridgehead atoms. The third-order valence-electron chi connectivity index (χ3n) is 3.27. The highest BCUT2D eigenvalue weighted by Gasteiger charge is 2.24. The van der Waals surface area contributed by atoms with Crippen molar-refractivity contribution >= 4 is 6.09 Å². The van der Waals surface area contributed by atoms with Gasteiger partial charge in [0.05, 0.1) is 7.11 Å². The van der Waals surface area contributed by atoms with E-state index < -0.39 is 0 Å². The Morgan fingerprint density at radius 1 is 1.53 bits per heavy atom. The van der Waals surface area contributed by atoms with Gasteiger partial charge in [-0.3, -0.25) is 0 Å². The van der Waals surface area contributed by atoms with Crippen molar-refractivity contribution in [2.45, 2.75) is 26.0 Å². The van der Waals surface area contributed by atoms with Crippen LogP contribution in [0.15, 0.2) is 18.2 Å². The number of amides is 1. The predicted octanol–water partition coefficient (Wildman–Crippen LogP) is 1.67. The lowest BCUT2D eigenvalue weighted by atomic mass is 10.1. The summed E-state index contributed by atoms with van der Waals surface area (Å²) in [6.07, 6.45) is 0.527. The number of methoxy groups -OCH3 is 1. The van der Waals surface area contributed by atoms with Crippen molar-refractivity contribution in [3.63, 3.8) is 0 Å². The van der Waals surface area contributed by atoms with E-state index in [0.29, 0.717) is 13.1 Å². The van der Waals surface area contributed by atoms with Gasteiger partial charge in [-0.05, 0) is 25.5 Å². The first kappa shape index (κ1) is 13.7. The third kappa shape index (κ3) is 3.38. The molecule has 2 rings (SSSR count). The van der Waals surface area contributed by atoms with Crippen molar-refractivity contribution in [3.8, 4) is 5.75 Å². The summed E-state index contributed by atoms with van der Waals surface area (Å²) < 4.78 is 10.6. The molecule has 1 amide bonds. The van der Waals surface area contributed by atoms with E-state index in [-0.39, 0.29) is 18.7 Å². The number of hydrogen-bond donors (Lipinski definition) is 1. The minimum Gasteiger partial charge on any atom is -0.496 e. The zero-order chi connectivity index (χ0) is 13.8. The number of carbonyl (C=O) groups is 1. The molecule has 1 aromatic rings. The number of nitrogens with two attached hydrogens (primary N) is 1. The summed E-state index contributed by atoms with van der Waals surface area (Å²) in [6.45, 7) is 3.45.